The molecule has 0 amide bonds. The Morgan fingerprint density at radius 1 is 1.52 bits per heavy atom. The molecule has 1 aromatic heterocycles. The van der Waals surface area contributed by atoms with Crippen LogP contribution in [0.5, 0.6) is 0 Å². The van der Waals surface area contributed by atoms with Crippen molar-refractivity contribution >= 4 is 23.5 Å². The van der Waals surface area contributed by atoms with Gasteiger partial charge in [-0.1, -0.05) is 32.5 Å². The standard InChI is InChI=1S/C16H23N3O3S/c1-15(2)9-4-5-16(15,3)10(6-9)22-13(21)8-23-14-18-11(17)7-12(20)19-14/h7,9-10H,4-6,8H2,1-3H3,(H3,17,18,19,20)/t9-,10+,16+/m1/s1. The largest absolute Gasteiger partial charge is 0.461 e. The van der Waals surface area contributed by atoms with Crippen molar-refractivity contribution in [3.05, 3.63) is 16.4 Å². The summed E-state index contributed by atoms with van der Waals surface area (Å²) in [6.45, 7) is 6.81. The fourth-order valence-electron chi connectivity index (χ4n) is 4.15. The zero-order chi connectivity index (χ0) is 16.8. The number of rotatable bonds is 4. The van der Waals surface area contributed by atoms with Crippen LogP contribution in [0, 0.1) is 16.7 Å². The van der Waals surface area contributed by atoms with Crippen LogP contribution in [0.25, 0.3) is 0 Å². The number of ether oxygens (including phenoxy) is 1. The van der Waals surface area contributed by atoms with Crippen LogP contribution in [0.15, 0.2) is 16.0 Å². The molecular weight excluding hydrogens is 314 g/mol. The molecule has 3 N–H and O–H groups in total. The lowest BCUT2D eigenvalue weighted by atomic mass is 9.70. The van der Waals surface area contributed by atoms with Gasteiger partial charge in [-0.25, -0.2) is 4.98 Å². The Bertz CT molecular complexity index is 687. The third-order valence-corrected chi connectivity index (χ3v) is 6.90. The van der Waals surface area contributed by atoms with Crippen molar-refractivity contribution in [3.63, 3.8) is 0 Å². The highest BCUT2D eigenvalue weighted by molar-refractivity contribution is 7.99. The fraction of sp³-hybridized carbons (Fsp3) is 0.688. The molecule has 0 saturated heterocycles. The summed E-state index contributed by atoms with van der Waals surface area (Å²) < 4.78 is 5.76. The first kappa shape index (κ1) is 16.4. The fourth-order valence-corrected chi connectivity index (χ4v) is 4.82. The minimum Gasteiger partial charge on any atom is -0.461 e. The van der Waals surface area contributed by atoms with Gasteiger partial charge in [0.1, 0.15) is 11.9 Å². The molecule has 2 bridgehead atoms. The second kappa shape index (κ2) is 5.54. The maximum Gasteiger partial charge on any atom is 0.316 e. The third-order valence-electron chi connectivity index (χ3n) is 6.05. The van der Waals surface area contributed by atoms with E-state index in [2.05, 4.69) is 30.7 Å². The summed E-state index contributed by atoms with van der Waals surface area (Å²) in [5, 5.41) is 0.339. The van der Waals surface area contributed by atoms with Gasteiger partial charge in [-0.3, -0.25) is 9.59 Å². The Morgan fingerprint density at radius 2 is 2.26 bits per heavy atom. The minimum absolute atomic E-state index is 0.0165. The van der Waals surface area contributed by atoms with E-state index in [-0.39, 0.29) is 40.0 Å². The molecule has 2 saturated carbocycles. The number of hydrogen-bond acceptors (Lipinski definition) is 6. The molecular formula is C16H23N3O3S. The van der Waals surface area contributed by atoms with Gasteiger partial charge in [0.15, 0.2) is 5.16 Å². The van der Waals surface area contributed by atoms with Crippen LogP contribution < -0.4 is 11.3 Å². The van der Waals surface area contributed by atoms with Gasteiger partial charge < -0.3 is 15.5 Å². The SMILES string of the molecule is CC1(C)[C@@H]2CC[C@@]1(C)[C@@H](OC(=O)CSc1nc(N)cc(=O)[nH]1)C2. The van der Waals surface area contributed by atoms with E-state index in [9.17, 15) is 9.59 Å². The first-order chi connectivity index (χ1) is 10.7. The van der Waals surface area contributed by atoms with Crippen molar-refractivity contribution in [1.29, 1.82) is 0 Å². The number of carbonyl (C=O) groups is 1. The molecule has 1 heterocycles. The van der Waals surface area contributed by atoms with E-state index in [0.29, 0.717) is 11.1 Å². The molecule has 0 spiro atoms. The van der Waals surface area contributed by atoms with Crippen molar-refractivity contribution in [2.75, 3.05) is 11.5 Å². The van der Waals surface area contributed by atoms with Crippen LogP contribution in [0.2, 0.25) is 0 Å². The van der Waals surface area contributed by atoms with Crippen LogP contribution in [-0.4, -0.2) is 27.8 Å². The highest BCUT2D eigenvalue weighted by Gasteiger charge is 2.62. The van der Waals surface area contributed by atoms with Gasteiger partial charge in [0, 0.05) is 11.5 Å². The van der Waals surface area contributed by atoms with Gasteiger partial charge in [0.2, 0.25) is 0 Å². The van der Waals surface area contributed by atoms with Crippen molar-refractivity contribution in [2.24, 2.45) is 16.7 Å². The molecule has 2 aliphatic rings. The predicted octanol–water partition coefficient (Wildman–Crippen LogP) is 2.20. The molecule has 6 nitrogen and oxygen atoms in total. The number of nitrogens with zero attached hydrogens (tertiary/aromatic N) is 1. The first-order valence-corrected chi connectivity index (χ1v) is 8.90. The number of fused-ring (bicyclic) bond motifs is 2. The van der Waals surface area contributed by atoms with Gasteiger partial charge in [0.25, 0.3) is 5.56 Å². The zero-order valence-corrected chi connectivity index (χ0v) is 14.5. The molecule has 0 aliphatic heterocycles. The molecule has 126 valence electrons. The normalized spacial score (nSPS) is 31.3. The van der Waals surface area contributed by atoms with Crippen molar-refractivity contribution in [1.82, 2.24) is 9.97 Å². The van der Waals surface area contributed by atoms with Crippen LogP contribution in [0.1, 0.15) is 40.0 Å². The van der Waals surface area contributed by atoms with E-state index in [0.717, 1.165) is 24.6 Å². The average molecular weight is 337 g/mol. The van der Waals surface area contributed by atoms with Crippen LogP contribution in [0.3, 0.4) is 0 Å². The summed E-state index contributed by atoms with van der Waals surface area (Å²) >= 11 is 1.14. The van der Waals surface area contributed by atoms with Crippen LogP contribution in [-0.2, 0) is 9.53 Å². The third kappa shape index (κ3) is 2.75. The second-order valence-electron chi connectivity index (χ2n) is 7.35. The Hall–Kier alpha value is -1.50. The molecule has 23 heavy (non-hydrogen) atoms. The molecule has 0 aromatic carbocycles. The number of hydrogen-bond donors (Lipinski definition) is 2. The molecule has 3 rings (SSSR count). The first-order valence-electron chi connectivity index (χ1n) is 7.91. The molecule has 2 fully saturated rings. The lowest BCUT2D eigenvalue weighted by Crippen LogP contribution is -2.38. The van der Waals surface area contributed by atoms with Crippen molar-refractivity contribution < 1.29 is 9.53 Å². The summed E-state index contributed by atoms with van der Waals surface area (Å²) in [6, 6.07) is 1.21. The number of nitrogens with two attached hydrogens (primary N) is 1. The molecule has 7 heteroatoms. The van der Waals surface area contributed by atoms with Gasteiger partial charge in [-0.05, 0) is 30.6 Å². The predicted molar refractivity (Wildman–Crippen MR) is 89.1 cm³/mol. The van der Waals surface area contributed by atoms with Crippen molar-refractivity contribution in [3.8, 4) is 0 Å². The van der Waals surface area contributed by atoms with Crippen LogP contribution in [0.4, 0.5) is 5.82 Å². The second-order valence-corrected chi connectivity index (χ2v) is 8.32. The lowest BCUT2D eigenvalue weighted by Gasteiger charge is -2.38. The molecule has 2 aliphatic carbocycles. The van der Waals surface area contributed by atoms with E-state index in [1.54, 1.807) is 0 Å². The summed E-state index contributed by atoms with van der Waals surface area (Å²) in [7, 11) is 0. The van der Waals surface area contributed by atoms with Crippen LogP contribution >= 0.6 is 11.8 Å². The van der Waals surface area contributed by atoms with Crippen molar-refractivity contribution in [2.45, 2.75) is 51.3 Å². The Kier molecular flexibility index (Phi) is 3.94. The Balaban J connectivity index is 1.59. The van der Waals surface area contributed by atoms with E-state index >= 15 is 0 Å². The van der Waals surface area contributed by atoms with Gasteiger partial charge in [-0.2, -0.15) is 0 Å². The number of aromatic nitrogens is 2. The highest BCUT2D eigenvalue weighted by Crippen LogP contribution is 2.66. The summed E-state index contributed by atoms with van der Waals surface area (Å²) in [6.07, 6.45) is 3.27. The lowest BCUT2D eigenvalue weighted by molar-refractivity contribution is -0.153. The van der Waals surface area contributed by atoms with E-state index < -0.39 is 0 Å². The van der Waals surface area contributed by atoms with Gasteiger partial charge in [-0.15, -0.1) is 0 Å². The van der Waals surface area contributed by atoms with E-state index in [4.69, 9.17) is 10.5 Å². The number of nitrogens with one attached hydrogen (secondary N) is 1. The topological polar surface area (TPSA) is 98.1 Å². The molecule has 0 unspecified atom stereocenters. The quantitative estimate of drug-likeness (QED) is 0.496. The minimum atomic E-state index is -0.323. The summed E-state index contributed by atoms with van der Waals surface area (Å²) in [5.74, 6) is 0.621. The number of anilines is 1. The number of thioether (sulfide) groups is 1. The summed E-state index contributed by atoms with van der Waals surface area (Å²) in [5.41, 5.74) is 5.47. The monoisotopic (exact) mass is 337 g/mol. The maximum absolute atomic E-state index is 12.2. The molecule has 3 atom stereocenters. The maximum atomic E-state index is 12.2. The number of esters is 1. The number of aromatic amines is 1. The Labute approximate surface area is 139 Å². The Morgan fingerprint density at radius 3 is 2.83 bits per heavy atom. The molecule has 0 radical (unpaired) electrons. The number of H-pyrrole nitrogens is 1. The van der Waals surface area contributed by atoms with E-state index in [1.807, 2.05) is 0 Å². The number of nitrogen functional groups attached to an aromatic ring is 1. The molecule has 1 aromatic rings. The summed E-state index contributed by atoms with van der Waals surface area (Å²) in [4.78, 5) is 30.1. The average Bonchev–Trinajstić information content (AvgIpc) is 2.77. The zero-order valence-electron chi connectivity index (χ0n) is 13.7. The van der Waals surface area contributed by atoms with Gasteiger partial charge in [0.05, 0.1) is 5.75 Å². The van der Waals surface area contributed by atoms with Gasteiger partial charge >= 0.3 is 5.97 Å². The van der Waals surface area contributed by atoms with E-state index in [1.165, 1.54) is 12.5 Å². The highest BCUT2D eigenvalue weighted by atomic mass is 32.2. The number of carbonyl (C=O) groups excluding carboxylic acids is 1. The smallest absolute Gasteiger partial charge is 0.316 e.